The highest BCUT2D eigenvalue weighted by atomic mass is 19.1. The van der Waals surface area contributed by atoms with Crippen LogP contribution in [0, 0.1) is 11.9 Å². The van der Waals surface area contributed by atoms with Crippen molar-refractivity contribution in [2.75, 3.05) is 30.0 Å². The maximum Gasteiger partial charge on any atom is 0.274 e. The molecule has 8 heteroatoms. The van der Waals surface area contributed by atoms with Crippen LogP contribution in [0.25, 0.3) is 0 Å². The highest BCUT2D eigenvalue weighted by molar-refractivity contribution is 6.06. The van der Waals surface area contributed by atoms with Gasteiger partial charge in [-0.1, -0.05) is 6.07 Å². The maximum absolute atomic E-state index is 13.4. The van der Waals surface area contributed by atoms with E-state index in [-0.39, 0.29) is 17.7 Å². The van der Waals surface area contributed by atoms with Gasteiger partial charge in [-0.2, -0.15) is 4.39 Å². The van der Waals surface area contributed by atoms with Crippen LogP contribution in [0.3, 0.4) is 0 Å². The minimum Gasteiger partial charge on any atom is -0.398 e. The summed E-state index contributed by atoms with van der Waals surface area (Å²) in [6, 6.07) is 7.72. The second-order valence-corrected chi connectivity index (χ2v) is 8.45. The van der Waals surface area contributed by atoms with Crippen molar-refractivity contribution in [3.05, 3.63) is 47.5 Å². The number of nitrogens with one attached hydrogen (secondary N) is 1. The summed E-state index contributed by atoms with van der Waals surface area (Å²) in [4.78, 5) is 22.6. The number of anilines is 3. The van der Waals surface area contributed by atoms with E-state index in [2.05, 4.69) is 15.3 Å². The van der Waals surface area contributed by atoms with Gasteiger partial charge in [0, 0.05) is 31.6 Å². The molecule has 0 unspecified atom stereocenters. The molecule has 0 saturated heterocycles. The number of amides is 1. The lowest BCUT2D eigenvalue weighted by molar-refractivity contribution is -0.0254. The molecule has 1 fully saturated rings. The number of aliphatic imine (C=N–C) groups is 1. The number of rotatable bonds is 6. The number of nitrogens with two attached hydrogens (primary N) is 1. The summed E-state index contributed by atoms with van der Waals surface area (Å²) in [5, 5.41) is 12.8. The highest BCUT2D eigenvalue weighted by Gasteiger charge is 2.38. The molecule has 1 aliphatic rings. The van der Waals surface area contributed by atoms with Gasteiger partial charge in [0.1, 0.15) is 5.69 Å². The molecule has 1 aromatic carbocycles. The van der Waals surface area contributed by atoms with Gasteiger partial charge >= 0.3 is 0 Å². The van der Waals surface area contributed by atoms with E-state index in [0.717, 1.165) is 12.8 Å². The lowest BCUT2D eigenvalue weighted by atomic mass is 9.71. The first-order chi connectivity index (χ1) is 14.0. The zero-order valence-electron chi connectivity index (χ0n) is 17.7. The first kappa shape index (κ1) is 21.7. The Bertz CT molecular complexity index is 962. The third-order valence-corrected chi connectivity index (χ3v) is 5.42. The van der Waals surface area contributed by atoms with Crippen LogP contribution in [-0.4, -0.2) is 48.0 Å². The van der Waals surface area contributed by atoms with Gasteiger partial charge in [0.2, 0.25) is 5.95 Å². The van der Waals surface area contributed by atoms with Crippen molar-refractivity contribution in [1.82, 2.24) is 4.98 Å². The van der Waals surface area contributed by atoms with Crippen molar-refractivity contribution in [3.8, 4) is 0 Å². The highest BCUT2D eigenvalue weighted by Crippen LogP contribution is 2.38. The predicted octanol–water partition coefficient (Wildman–Crippen LogP) is 3.09. The minimum absolute atomic E-state index is 0.0149. The van der Waals surface area contributed by atoms with Gasteiger partial charge in [-0.25, -0.2) is 4.98 Å². The quantitative estimate of drug-likeness (QED) is 0.384. The van der Waals surface area contributed by atoms with Gasteiger partial charge in [0.05, 0.1) is 23.0 Å². The second kappa shape index (κ2) is 8.39. The van der Waals surface area contributed by atoms with Crippen LogP contribution in [0.1, 0.15) is 42.7 Å². The molecule has 0 radical (unpaired) electrons. The van der Waals surface area contributed by atoms with Gasteiger partial charge < -0.3 is 21.1 Å². The number of aliphatic hydroxyl groups is 1. The average Bonchev–Trinajstić information content (AvgIpc) is 2.61. The number of carbonyl (C=O) groups excluding carboxylic acids is 1. The number of aromatic nitrogens is 1. The molecule has 30 heavy (non-hydrogen) atoms. The zero-order valence-corrected chi connectivity index (χ0v) is 17.7. The van der Waals surface area contributed by atoms with Crippen LogP contribution in [-0.2, 0) is 0 Å². The Kier molecular flexibility index (Phi) is 6.07. The molecular weight excluding hydrogens is 385 g/mol. The normalized spacial score (nSPS) is 18.9. The minimum atomic E-state index is -0.717. The topological polar surface area (TPSA) is 104 Å². The number of hydrogen-bond donors (Lipinski definition) is 3. The standard InChI is InChI=1S/C22H28FN5O2/c1-22(2,30)14-9-15(10-14)25-12-13-8-18(19(28(3)4)11-16(13)24)27-21(29)17-6-5-7-20(23)26-17/h5-8,11-12,14-15,30H,9-10,24H2,1-4H3,(H,27,29). The largest absolute Gasteiger partial charge is 0.398 e. The molecule has 1 saturated carbocycles. The molecule has 4 N–H and O–H groups in total. The lowest BCUT2D eigenvalue weighted by Gasteiger charge is -2.40. The Morgan fingerprint density at radius 3 is 2.67 bits per heavy atom. The van der Waals surface area contributed by atoms with Crippen molar-refractivity contribution in [2.24, 2.45) is 10.9 Å². The first-order valence-electron chi connectivity index (χ1n) is 9.85. The van der Waals surface area contributed by atoms with E-state index in [1.54, 1.807) is 18.3 Å². The molecule has 0 atom stereocenters. The fraction of sp³-hybridized carbons (Fsp3) is 0.409. The third kappa shape index (κ3) is 4.94. The lowest BCUT2D eigenvalue weighted by Crippen LogP contribution is -2.42. The Morgan fingerprint density at radius 2 is 2.07 bits per heavy atom. The molecule has 0 aliphatic heterocycles. The molecule has 160 valence electrons. The van der Waals surface area contributed by atoms with Gasteiger partial charge in [-0.3, -0.25) is 9.79 Å². The molecule has 3 rings (SSSR count). The number of nitrogen functional groups attached to an aromatic ring is 1. The second-order valence-electron chi connectivity index (χ2n) is 8.45. The van der Waals surface area contributed by atoms with Crippen molar-refractivity contribution < 1.29 is 14.3 Å². The number of benzene rings is 1. The molecule has 1 amide bonds. The van der Waals surface area contributed by atoms with Gasteiger partial charge in [0.25, 0.3) is 5.91 Å². The van der Waals surface area contributed by atoms with Crippen molar-refractivity contribution in [2.45, 2.75) is 38.3 Å². The van der Waals surface area contributed by atoms with E-state index >= 15 is 0 Å². The molecule has 1 heterocycles. The van der Waals surface area contributed by atoms with Crippen LogP contribution in [0.5, 0.6) is 0 Å². The summed E-state index contributed by atoms with van der Waals surface area (Å²) < 4.78 is 13.4. The van der Waals surface area contributed by atoms with E-state index in [1.165, 1.54) is 18.2 Å². The number of hydrogen-bond acceptors (Lipinski definition) is 6. The van der Waals surface area contributed by atoms with Crippen molar-refractivity contribution in [1.29, 1.82) is 0 Å². The summed E-state index contributed by atoms with van der Waals surface area (Å²) in [6.07, 6.45) is 3.35. The van der Waals surface area contributed by atoms with E-state index in [4.69, 9.17) is 5.73 Å². The van der Waals surface area contributed by atoms with E-state index in [1.807, 2.05) is 32.8 Å². The molecule has 1 aliphatic carbocycles. The van der Waals surface area contributed by atoms with Crippen LogP contribution >= 0.6 is 0 Å². The Labute approximate surface area is 175 Å². The number of halogens is 1. The molecular formula is C22H28FN5O2. The molecule has 2 aromatic rings. The fourth-order valence-electron chi connectivity index (χ4n) is 3.40. The van der Waals surface area contributed by atoms with Crippen LogP contribution in [0.2, 0.25) is 0 Å². The predicted molar refractivity (Wildman–Crippen MR) is 118 cm³/mol. The zero-order chi connectivity index (χ0) is 22.1. The number of nitrogens with zero attached hydrogens (tertiary/aromatic N) is 3. The Hall–Kier alpha value is -3.00. The third-order valence-electron chi connectivity index (χ3n) is 5.42. The van der Waals surface area contributed by atoms with Crippen LogP contribution in [0.15, 0.2) is 35.3 Å². The van der Waals surface area contributed by atoms with E-state index in [0.29, 0.717) is 22.6 Å². The number of carbonyl (C=O) groups is 1. The summed E-state index contributed by atoms with van der Waals surface area (Å²) in [5.41, 5.74) is 7.93. The van der Waals surface area contributed by atoms with Gasteiger partial charge in [-0.05, 0) is 56.9 Å². The summed E-state index contributed by atoms with van der Waals surface area (Å²) in [6.45, 7) is 3.63. The number of pyridine rings is 1. The molecule has 0 bridgehead atoms. The van der Waals surface area contributed by atoms with Crippen LogP contribution in [0.4, 0.5) is 21.5 Å². The maximum atomic E-state index is 13.4. The summed E-state index contributed by atoms with van der Waals surface area (Å²) in [7, 11) is 3.67. The van der Waals surface area contributed by atoms with Crippen molar-refractivity contribution >= 4 is 29.2 Å². The molecule has 0 spiro atoms. The fourth-order valence-corrected chi connectivity index (χ4v) is 3.40. The summed E-state index contributed by atoms with van der Waals surface area (Å²) in [5.74, 6) is -0.996. The van der Waals surface area contributed by atoms with Gasteiger partial charge in [0.15, 0.2) is 0 Å². The molecule has 1 aromatic heterocycles. The average molecular weight is 413 g/mol. The van der Waals surface area contributed by atoms with Gasteiger partial charge in [-0.15, -0.1) is 0 Å². The van der Waals surface area contributed by atoms with E-state index in [9.17, 15) is 14.3 Å². The Morgan fingerprint density at radius 1 is 1.37 bits per heavy atom. The van der Waals surface area contributed by atoms with E-state index < -0.39 is 17.5 Å². The Balaban J connectivity index is 1.81. The SMILES string of the molecule is CN(C)c1cc(N)c(C=NC2CC(C(C)(C)O)C2)cc1NC(=O)c1cccc(F)n1. The molecule has 7 nitrogen and oxygen atoms in total. The van der Waals surface area contributed by atoms with Crippen LogP contribution < -0.4 is 16.0 Å². The monoisotopic (exact) mass is 413 g/mol. The smallest absolute Gasteiger partial charge is 0.274 e. The first-order valence-corrected chi connectivity index (χ1v) is 9.85. The summed E-state index contributed by atoms with van der Waals surface area (Å²) >= 11 is 0. The van der Waals surface area contributed by atoms with Crippen molar-refractivity contribution in [3.63, 3.8) is 0 Å².